The van der Waals surface area contributed by atoms with Crippen LogP contribution in [-0.2, 0) is 4.74 Å². The molecule has 5 heteroatoms. The number of hydrogen-bond donors (Lipinski definition) is 0. The van der Waals surface area contributed by atoms with E-state index in [0.717, 1.165) is 18.8 Å². The monoisotopic (exact) mass is 316 g/mol. The largest absolute Gasteiger partial charge is 0.411 e. The van der Waals surface area contributed by atoms with E-state index in [9.17, 15) is 13.2 Å². The first-order chi connectivity index (χ1) is 7.99. The summed E-state index contributed by atoms with van der Waals surface area (Å²) < 4.78 is 39.9. The van der Waals surface area contributed by atoms with Gasteiger partial charge in [-0.1, -0.05) is 35.2 Å². The summed E-state index contributed by atoms with van der Waals surface area (Å²) in [6.07, 6.45) is 3.72. The third-order valence-corrected chi connectivity index (χ3v) is 4.40. The van der Waals surface area contributed by atoms with E-state index in [1.165, 1.54) is 25.7 Å². The maximum Gasteiger partial charge on any atom is 0.411 e. The Labute approximate surface area is 109 Å². The number of halogens is 4. The highest BCUT2D eigenvalue weighted by Crippen LogP contribution is 2.33. The van der Waals surface area contributed by atoms with Gasteiger partial charge < -0.3 is 4.74 Å². The van der Waals surface area contributed by atoms with Gasteiger partial charge in [0.25, 0.3) is 0 Å². The first-order valence-electron chi connectivity index (χ1n) is 6.27. The fraction of sp³-hybridized carbons (Fsp3) is 1.00. The molecule has 1 unspecified atom stereocenters. The SMILES string of the molecule is FC(F)(F)COCCCCC(Br)C1CCCC1. The normalized spacial score (nSPS) is 19.8. The minimum atomic E-state index is -4.19. The number of unbranched alkanes of at least 4 members (excludes halogenated alkanes) is 1. The Hall–Kier alpha value is 0.230. The molecule has 0 amide bonds. The molecule has 0 aromatic rings. The lowest BCUT2D eigenvalue weighted by atomic mass is 10.00. The molecule has 1 aliphatic rings. The lowest BCUT2D eigenvalue weighted by Gasteiger charge is -2.16. The zero-order valence-corrected chi connectivity index (χ0v) is 11.5. The number of alkyl halides is 4. The smallest absolute Gasteiger partial charge is 0.372 e. The van der Waals surface area contributed by atoms with Crippen LogP contribution in [0.5, 0.6) is 0 Å². The zero-order valence-electron chi connectivity index (χ0n) is 9.94. The van der Waals surface area contributed by atoms with E-state index in [-0.39, 0.29) is 6.61 Å². The lowest BCUT2D eigenvalue weighted by molar-refractivity contribution is -0.174. The van der Waals surface area contributed by atoms with Crippen LogP contribution in [0.2, 0.25) is 0 Å². The van der Waals surface area contributed by atoms with E-state index < -0.39 is 12.8 Å². The Balaban J connectivity index is 1.93. The Bertz CT molecular complexity index is 202. The van der Waals surface area contributed by atoms with Gasteiger partial charge >= 0.3 is 6.18 Å². The molecule has 0 spiro atoms. The highest BCUT2D eigenvalue weighted by atomic mass is 79.9. The molecule has 0 aromatic carbocycles. The highest BCUT2D eigenvalue weighted by molar-refractivity contribution is 9.09. The van der Waals surface area contributed by atoms with Crippen LogP contribution in [0.15, 0.2) is 0 Å². The topological polar surface area (TPSA) is 9.23 Å². The molecule has 1 atom stereocenters. The summed E-state index contributed by atoms with van der Waals surface area (Å²) in [5.41, 5.74) is 0. The second-order valence-corrected chi connectivity index (χ2v) is 5.90. The van der Waals surface area contributed by atoms with Gasteiger partial charge in [-0.25, -0.2) is 0 Å². The maximum absolute atomic E-state index is 11.8. The van der Waals surface area contributed by atoms with Crippen molar-refractivity contribution in [2.75, 3.05) is 13.2 Å². The van der Waals surface area contributed by atoms with Crippen LogP contribution < -0.4 is 0 Å². The quantitative estimate of drug-likeness (QED) is 0.489. The first kappa shape index (κ1) is 15.3. The average molecular weight is 317 g/mol. The first-order valence-corrected chi connectivity index (χ1v) is 7.19. The van der Waals surface area contributed by atoms with Crippen molar-refractivity contribution >= 4 is 15.9 Å². The zero-order chi connectivity index (χ0) is 12.7. The van der Waals surface area contributed by atoms with Crippen molar-refractivity contribution < 1.29 is 17.9 Å². The minimum absolute atomic E-state index is 0.212. The summed E-state index contributed by atoms with van der Waals surface area (Å²) in [5, 5.41) is 0. The van der Waals surface area contributed by atoms with Crippen molar-refractivity contribution in [3.8, 4) is 0 Å². The van der Waals surface area contributed by atoms with Crippen molar-refractivity contribution in [2.45, 2.75) is 55.9 Å². The van der Waals surface area contributed by atoms with E-state index >= 15 is 0 Å². The van der Waals surface area contributed by atoms with E-state index in [4.69, 9.17) is 0 Å². The molecule has 0 heterocycles. The van der Waals surface area contributed by atoms with E-state index in [2.05, 4.69) is 20.7 Å². The van der Waals surface area contributed by atoms with E-state index in [1.807, 2.05) is 0 Å². The van der Waals surface area contributed by atoms with Crippen molar-refractivity contribution in [1.82, 2.24) is 0 Å². The predicted octanol–water partition coefficient (Wildman–Crippen LogP) is 4.69. The van der Waals surface area contributed by atoms with Gasteiger partial charge in [0.15, 0.2) is 0 Å². The van der Waals surface area contributed by atoms with Gasteiger partial charge in [-0.05, 0) is 31.6 Å². The van der Waals surface area contributed by atoms with Crippen LogP contribution in [0, 0.1) is 5.92 Å². The summed E-state index contributed by atoms with van der Waals surface area (Å²) in [6, 6.07) is 0. The molecule has 0 saturated heterocycles. The van der Waals surface area contributed by atoms with Crippen LogP contribution in [0.25, 0.3) is 0 Å². The molecule has 1 nitrogen and oxygen atoms in total. The second-order valence-electron chi connectivity index (χ2n) is 4.72. The number of hydrogen-bond acceptors (Lipinski definition) is 1. The Kier molecular flexibility index (Phi) is 6.85. The summed E-state index contributed by atoms with van der Waals surface area (Å²) in [5.74, 6) is 0.770. The van der Waals surface area contributed by atoms with Crippen molar-refractivity contribution in [2.24, 2.45) is 5.92 Å². The highest BCUT2D eigenvalue weighted by Gasteiger charge is 2.27. The molecule has 1 rings (SSSR count). The minimum Gasteiger partial charge on any atom is -0.372 e. The molecule has 1 aliphatic carbocycles. The van der Waals surface area contributed by atoms with Crippen molar-refractivity contribution in [3.05, 3.63) is 0 Å². The van der Waals surface area contributed by atoms with Crippen LogP contribution in [0.1, 0.15) is 44.9 Å². The third-order valence-electron chi connectivity index (χ3n) is 3.20. The Morgan fingerprint density at radius 2 is 1.82 bits per heavy atom. The van der Waals surface area contributed by atoms with Crippen LogP contribution in [0.4, 0.5) is 13.2 Å². The van der Waals surface area contributed by atoms with E-state index in [1.54, 1.807) is 0 Å². The molecule has 0 aromatic heterocycles. The third kappa shape index (κ3) is 7.29. The standard InChI is InChI=1S/C12H20BrF3O/c13-11(10-5-1-2-6-10)7-3-4-8-17-9-12(14,15)16/h10-11H,1-9H2. The lowest BCUT2D eigenvalue weighted by Crippen LogP contribution is -2.17. The molecular formula is C12H20BrF3O. The molecule has 0 radical (unpaired) electrons. The average Bonchev–Trinajstić information content (AvgIpc) is 2.74. The molecule has 0 N–H and O–H groups in total. The van der Waals surface area contributed by atoms with Gasteiger partial charge in [0.05, 0.1) is 0 Å². The van der Waals surface area contributed by atoms with Crippen LogP contribution in [0.3, 0.4) is 0 Å². The maximum atomic E-state index is 11.8. The fourth-order valence-corrected chi connectivity index (χ4v) is 3.14. The summed E-state index contributed by atoms with van der Waals surface area (Å²) in [4.78, 5) is 0.535. The molecule has 1 fully saturated rings. The van der Waals surface area contributed by atoms with Crippen LogP contribution in [-0.4, -0.2) is 24.2 Å². The van der Waals surface area contributed by atoms with Gasteiger partial charge in [0.1, 0.15) is 6.61 Å². The molecule has 1 saturated carbocycles. The fourth-order valence-electron chi connectivity index (χ4n) is 2.29. The molecule has 17 heavy (non-hydrogen) atoms. The van der Waals surface area contributed by atoms with Crippen LogP contribution >= 0.6 is 15.9 Å². The summed E-state index contributed by atoms with van der Waals surface area (Å²) in [7, 11) is 0. The molecular weight excluding hydrogens is 297 g/mol. The van der Waals surface area contributed by atoms with Gasteiger partial charge in [-0.2, -0.15) is 13.2 Å². The Morgan fingerprint density at radius 1 is 1.18 bits per heavy atom. The second kappa shape index (κ2) is 7.62. The predicted molar refractivity (Wildman–Crippen MR) is 65.4 cm³/mol. The molecule has 102 valence electrons. The number of ether oxygens (including phenoxy) is 1. The van der Waals surface area contributed by atoms with Crippen molar-refractivity contribution in [3.63, 3.8) is 0 Å². The number of rotatable bonds is 7. The van der Waals surface area contributed by atoms with Gasteiger partial charge in [-0.3, -0.25) is 0 Å². The Morgan fingerprint density at radius 3 is 2.41 bits per heavy atom. The van der Waals surface area contributed by atoms with Gasteiger partial charge in [0.2, 0.25) is 0 Å². The van der Waals surface area contributed by atoms with Gasteiger partial charge in [-0.15, -0.1) is 0 Å². The van der Waals surface area contributed by atoms with Gasteiger partial charge in [0, 0.05) is 11.4 Å². The van der Waals surface area contributed by atoms with E-state index in [0.29, 0.717) is 11.2 Å². The van der Waals surface area contributed by atoms with Crippen molar-refractivity contribution in [1.29, 1.82) is 0 Å². The summed E-state index contributed by atoms with van der Waals surface area (Å²) in [6.45, 7) is -0.905. The molecule has 0 aliphatic heterocycles. The summed E-state index contributed by atoms with van der Waals surface area (Å²) >= 11 is 3.68. The molecule has 0 bridgehead atoms.